The molecule has 1 aromatic heterocycles. The Labute approximate surface area is 123 Å². The third kappa shape index (κ3) is 2.56. The van der Waals surface area contributed by atoms with Crippen LogP contribution in [0.15, 0.2) is 30.5 Å². The molecular weight excluding hydrogens is 264 g/mol. The van der Waals surface area contributed by atoms with E-state index >= 15 is 0 Å². The molecule has 1 aromatic carbocycles. The van der Waals surface area contributed by atoms with Crippen LogP contribution in [-0.2, 0) is 0 Å². The number of amides is 1. The molecule has 4 N–H and O–H groups in total. The molecule has 1 aliphatic rings. The predicted molar refractivity (Wildman–Crippen MR) is 83.8 cm³/mol. The number of nitrogens with two attached hydrogens (primary N) is 1. The smallest absolute Gasteiger partial charge is 0.253 e. The SMILES string of the molecule is CC1CCCC1NC(=O)c1cnc(NN)c2ccccc12. The molecule has 1 amide bonds. The van der Waals surface area contributed by atoms with Crippen molar-refractivity contribution in [3.63, 3.8) is 0 Å². The maximum absolute atomic E-state index is 12.6. The largest absolute Gasteiger partial charge is 0.349 e. The molecule has 0 spiro atoms. The number of aromatic nitrogens is 1. The number of rotatable bonds is 3. The number of nitrogen functional groups attached to an aromatic ring is 1. The highest BCUT2D eigenvalue weighted by atomic mass is 16.1. The zero-order valence-electron chi connectivity index (χ0n) is 12.1. The maximum Gasteiger partial charge on any atom is 0.253 e. The predicted octanol–water partition coefficient (Wildman–Crippen LogP) is 2.44. The van der Waals surface area contributed by atoms with Gasteiger partial charge in [-0.25, -0.2) is 10.8 Å². The van der Waals surface area contributed by atoms with E-state index < -0.39 is 0 Å². The summed E-state index contributed by atoms with van der Waals surface area (Å²) < 4.78 is 0. The molecule has 2 atom stereocenters. The van der Waals surface area contributed by atoms with E-state index in [2.05, 4.69) is 22.7 Å². The minimum Gasteiger partial charge on any atom is -0.349 e. The Morgan fingerprint density at radius 3 is 2.71 bits per heavy atom. The number of pyridine rings is 1. The lowest BCUT2D eigenvalue weighted by Gasteiger charge is -2.18. The zero-order valence-corrected chi connectivity index (χ0v) is 12.1. The summed E-state index contributed by atoms with van der Waals surface area (Å²) >= 11 is 0. The number of benzene rings is 1. The van der Waals surface area contributed by atoms with Crippen LogP contribution in [0.5, 0.6) is 0 Å². The first-order valence-corrected chi connectivity index (χ1v) is 7.36. The van der Waals surface area contributed by atoms with Crippen LogP contribution in [0.4, 0.5) is 5.82 Å². The number of carbonyl (C=O) groups excluding carboxylic acids is 1. The van der Waals surface area contributed by atoms with E-state index in [1.165, 1.54) is 12.8 Å². The van der Waals surface area contributed by atoms with Crippen LogP contribution in [-0.4, -0.2) is 16.9 Å². The average Bonchev–Trinajstić information content (AvgIpc) is 2.91. The number of nitrogens with zero attached hydrogens (tertiary/aromatic N) is 1. The fourth-order valence-electron chi connectivity index (χ4n) is 3.09. The third-order valence-electron chi connectivity index (χ3n) is 4.35. The summed E-state index contributed by atoms with van der Waals surface area (Å²) in [6.07, 6.45) is 5.01. The number of carbonyl (C=O) groups is 1. The molecule has 2 aromatic rings. The normalized spacial score (nSPS) is 21.4. The van der Waals surface area contributed by atoms with Crippen LogP contribution in [0.25, 0.3) is 10.8 Å². The molecule has 1 fully saturated rings. The van der Waals surface area contributed by atoms with Crippen LogP contribution in [0.1, 0.15) is 36.5 Å². The quantitative estimate of drug-likeness (QED) is 0.597. The second-order valence-electron chi connectivity index (χ2n) is 5.70. The number of hydrazine groups is 1. The van der Waals surface area contributed by atoms with Crippen LogP contribution in [0.3, 0.4) is 0 Å². The van der Waals surface area contributed by atoms with Crippen molar-refractivity contribution < 1.29 is 4.79 Å². The molecule has 5 nitrogen and oxygen atoms in total. The van der Waals surface area contributed by atoms with Gasteiger partial charge in [0.1, 0.15) is 5.82 Å². The Balaban J connectivity index is 1.95. The van der Waals surface area contributed by atoms with Crippen LogP contribution in [0, 0.1) is 5.92 Å². The van der Waals surface area contributed by atoms with Gasteiger partial charge in [0, 0.05) is 17.6 Å². The Morgan fingerprint density at radius 2 is 2.05 bits per heavy atom. The molecule has 0 aliphatic heterocycles. The highest BCUT2D eigenvalue weighted by Crippen LogP contribution is 2.27. The van der Waals surface area contributed by atoms with E-state index in [-0.39, 0.29) is 11.9 Å². The van der Waals surface area contributed by atoms with Gasteiger partial charge in [-0.1, -0.05) is 37.6 Å². The Hall–Kier alpha value is -2.14. The van der Waals surface area contributed by atoms with Crippen molar-refractivity contribution in [2.24, 2.45) is 11.8 Å². The van der Waals surface area contributed by atoms with Crippen molar-refractivity contribution >= 4 is 22.5 Å². The second kappa shape index (κ2) is 5.69. The fraction of sp³-hybridized carbons (Fsp3) is 0.375. The second-order valence-corrected chi connectivity index (χ2v) is 5.70. The number of fused-ring (bicyclic) bond motifs is 1. The van der Waals surface area contributed by atoms with E-state index in [4.69, 9.17) is 5.84 Å². The minimum atomic E-state index is -0.0546. The molecule has 0 saturated heterocycles. The molecule has 0 bridgehead atoms. The van der Waals surface area contributed by atoms with Gasteiger partial charge in [0.25, 0.3) is 5.91 Å². The summed E-state index contributed by atoms with van der Waals surface area (Å²) in [5, 5.41) is 4.86. The zero-order chi connectivity index (χ0) is 14.8. The molecule has 0 radical (unpaired) electrons. The molecular formula is C16H20N4O. The fourth-order valence-corrected chi connectivity index (χ4v) is 3.09. The van der Waals surface area contributed by atoms with Gasteiger partial charge in [0.2, 0.25) is 0 Å². The van der Waals surface area contributed by atoms with E-state index in [0.717, 1.165) is 17.2 Å². The van der Waals surface area contributed by atoms with Gasteiger partial charge in [-0.15, -0.1) is 0 Å². The van der Waals surface area contributed by atoms with Crippen molar-refractivity contribution in [3.05, 3.63) is 36.0 Å². The summed E-state index contributed by atoms with van der Waals surface area (Å²) in [4.78, 5) is 16.8. The Kier molecular flexibility index (Phi) is 3.75. The molecule has 3 rings (SSSR count). The standard InChI is InChI=1S/C16H20N4O/c1-10-5-4-8-14(10)19-16(21)13-9-18-15(20-17)12-7-3-2-6-11(12)13/h2-3,6-7,9-10,14H,4-5,8,17H2,1H3,(H,18,20)(H,19,21). The van der Waals surface area contributed by atoms with Crippen LogP contribution >= 0.6 is 0 Å². The van der Waals surface area contributed by atoms with Gasteiger partial charge in [-0.3, -0.25) is 4.79 Å². The van der Waals surface area contributed by atoms with Crippen molar-refractivity contribution in [1.29, 1.82) is 0 Å². The summed E-state index contributed by atoms with van der Waals surface area (Å²) in [6.45, 7) is 2.19. The van der Waals surface area contributed by atoms with Gasteiger partial charge < -0.3 is 10.7 Å². The van der Waals surface area contributed by atoms with Gasteiger partial charge >= 0.3 is 0 Å². The van der Waals surface area contributed by atoms with Gasteiger partial charge in [0.15, 0.2) is 0 Å². The van der Waals surface area contributed by atoms with Crippen molar-refractivity contribution in [3.8, 4) is 0 Å². The number of anilines is 1. The van der Waals surface area contributed by atoms with Crippen molar-refractivity contribution in [2.45, 2.75) is 32.2 Å². The van der Waals surface area contributed by atoms with E-state index in [9.17, 15) is 4.79 Å². The molecule has 110 valence electrons. The highest BCUT2D eigenvalue weighted by molar-refractivity contribution is 6.09. The first kappa shape index (κ1) is 13.8. The monoisotopic (exact) mass is 284 g/mol. The van der Waals surface area contributed by atoms with Gasteiger partial charge in [-0.2, -0.15) is 0 Å². The van der Waals surface area contributed by atoms with E-state index in [1.807, 2.05) is 24.3 Å². The number of hydrogen-bond donors (Lipinski definition) is 3. The Morgan fingerprint density at radius 1 is 1.29 bits per heavy atom. The van der Waals surface area contributed by atoms with Gasteiger partial charge in [0.05, 0.1) is 5.56 Å². The minimum absolute atomic E-state index is 0.0546. The summed E-state index contributed by atoms with van der Waals surface area (Å²) in [7, 11) is 0. The molecule has 2 unspecified atom stereocenters. The summed E-state index contributed by atoms with van der Waals surface area (Å²) in [5.41, 5.74) is 3.17. The maximum atomic E-state index is 12.6. The van der Waals surface area contributed by atoms with Crippen molar-refractivity contribution in [1.82, 2.24) is 10.3 Å². The first-order chi connectivity index (χ1) is 10.2. The molecule has 21 heavy (non-hydrogen) atoms. The summed E-state index contributed by atoms with van der Waals surface area (Å²) in [6, 6.07) is 7.92. The number of nitrogens with one attached hydrogen (secondary N) is 2. The first-order valence-electron chi connectivity index (χ1n) is 7.36. The molecule has 5 heteroatoms. The lowest BCUT2D eigenvalue weighted by Crippen LogP contribution is -2.36. The van der Waals surface area contributed by atoms with Crippen molar-refractivity contribution in [2.75, 3.05) is 5.43 Å². The summed E-state index contributed by atoms with van der Waals surface area (Å²) in [5.74, 6) is 6.54. The molecule has 1 aliphatic carbocycles. The van der Waals surface area contributed by atoms with Crippen LogP contribution in [0.2, 0.25) is 0 Å². The Bertz CT molecular complexity index is 670. The topological polar surface area (TPSA) is 80.0 Å². The highest BCUT2D eigenvalue weighted by Gasteiger charge is 2.25. The van der Waals surface area contributed by atoms with Gasteiger partial charge in [-0.05, 0) is 24.1 Å². The van der Waals surface area contributed by atoms with E-state index in [0.29, 0.717) is 17.3 Å². The van der Waals surface area contributed by atoms with E-state index in [1.54, 1.807) is 6.20 Å². The van der Waals surface area contributed by atoms with Crippen LogP contribution < -0.4 is 16.6 Å². The average molecular weight is 284 g/mol. The third-order valence-corrected chi connectivity index (χ3v) is 4.35. The molecule has 1 saturated carbocycles. The molecule has 1 heterocycles. The number of hydrogen-bond acceptors (Lipinski definition) is 4. The lowest BCUT2D eigenvalue weighted by molar-refractivity contribution is 0.0931. The lowest BCUT2D eigenvalue weighted by atomic mass is 10.0.